The summed E-state index contributed by atoms with van der Waals surface area (Å²) in [5.74, 6) is 0. The van der Waals surface area contributed by atoms with Crippen molar-refractivity contribution in [3.63, 3.8) is 0 Å². The van der Waals surface area contributed by atoms with Gasteiger partial charge in [0.15, 0.2) is 0 Å². The van der Waals surface area contributed by atoms with E-state index < -0.39 is 42.7 Å². The summed E-state index contributed by atoms with van der Waals surface area (Å²) in [6.07, 6.45) is -3.80. The third kappa shape index (κ3) is 9.53. The number of hydrogen-bond acceptors (Lipinski definition) is 8. The van der Waals surface area contributed by atoms with Gasteiger partial charge in [0, 0.05) is 14.1 Å². The number of hydrogen-bond donors (Lipinski definition) is 2. The van der Waals surface area contributed by atoms with E-state index in [0.717, 1.165) is 21.0 Å². The Bertz CT molecular complexity index is 1700. The lowest BCUT2D eigenvalue weighted by Gasteiger charge is -2.37. The van der Waals surface area contributed by atoms with Gasteiger partial charge < -0.3 is 24.4 Å². The summed E-state index contributed by atoms with van der Waals surface area (Å²) in [7, 11) is -3.83. The van der Waals surface area contributed by atoms with E-state index in [1.807, 2.05) is 91.0 Å². The highest BCUT2D eigenvalue weighted by Gasteiger charge is 2.46. The molecule has 2 N–H and O–H groups in total. The lowest BCUT2D eigenvalue weighted by atomic mass is 10.0. The molecular formula is C37H51N3O7SSi. The Labute approximate surface area is 292 Å². The van der Waals surface area contributed by atoms with Gasteiger partial charge in [0.05, 0.1) is 38.3 Å². The summed E-state index contributed by atoms with van der Waals surface area (Å²) in [6.45, 7) is 10.6. The molecule has 0 aliphatic heterocycles. The van der Waals surface area contributed by atoms with Crippen LogP contribution in [0.3, 0.4) is 0 Å². The lowest BCUT2D eigenvalue weighted by molar-refractivity contribution is -0.178. The van der Waals surface area contributed by atoms with Crippen molar-refractivity contribution in [3.05, 3.63) is 120 Å². The van der Waals surface area contributed by atoms with E-state index in [0.29, 0.717) is 5.45 Å². The second-order valence-electron chi connectivity index (χ2n) is 14.0. The molecule has 1 heterocycles. The Balaban J connectivity index is 1.79. The maximum Gasteiger partial charge on any atom is 0.308 e. The standard InChI is InChI=1S/C37H51N3O7SSi/c1-37(2,3)49(6,7)36-38-23-31(40(36)48(43,44)39(4)5)33(42)35(47-26-30-21-15-10-16-22-30)34(46-25-29-19-13-9-14-20-29)32(41)27-45-24-28-17-11-8-12-18-28/h8-23,32-35,41-42H,24-27H2,1-7H3/t32-,33+,34-,35-/m0/s1. The minimum absolute atomic E-state index is 0.0253. The Morgan fingerprint density at radius 2 is 1.22 bits per heavy atom. The molecule has 4 rings (SSSR count). The van der Waals surface area contributed by atoms with E-state index in [1.54, 1.807) is 0 Å². The number of aliphatic hydroxyl groups excluding tert-OH is 2. The van der Waals surface area contributed by atoms with Crippen molar-refractivity contribution in [2.24, 2.45) is 0 Å². The molecule has 266 valence electrons. The molecule has 49 heavy (non-hydrogen) atoms. The van der Waals surface area contributed by atoms with Crippen LogP contribution in [-0.2, 0) is 44.2 Å². The van der Waals surface area contributed by atoms with Gasteiger partial charge in [0.2, 0.25) is 0 Å². The molecule has 0 fully saturated rings. The molecule has 3 aromatic carbocycles. The van der Waals surface area contributed by atoms with Gasteiger partial charge in [-0.2, -0.15) is 12.7 Å². The molecule has 12 heteroatoms. The van der Waals surface area contributed by atoms with Crippen LogP contribution < -0.4 is 5.45 Å². The minimum atomic E-state index is -4.15. The van der Waals surface area contributed by atoms with Gasteiger partial charge in [-0.15, -0.1) is 0 Å². The maximum atomic E-state index is 14.0. The Morgan fingerprint density at radius 1 is 0.776 bits per heavy atom. The predicted molar refractivity (Wildman–Crippen MR) is 194 cm³/mol. The first-order valence-electron chi connectivity index (χ1n) is 16.4. The SMILES string of the molecule is CN(C)S(=O)(=O)n1c([C@@H](O)[C@H](OCc2ccccc2)[C@@H](OCc2ccccc2)[C@@H](O)COCc2ccccc2)cnc1[Si](C)(C)C(C)(C)C. The molecule has 0 radical (unpaired) electrons. The number of imidazole rings is 1. The number of rotatable bonds is 17. The van der Waals surface area contributed by atoms with Crippen LogP contribution in [0, 0.1) is 0 Å². The number of aromatic nitrogens is 2. The van der Waals surface area contributed by atoms with Crippen LogP contribution in [0.5, 0.6) is 0 Å². The third-order valence-electron chi connectivity index (χ3n) is 9.16. The van der Waals surface area contributed by atoms with Crippen LogP contribution in [0.4, 0.5) is 0 Å². The minimum Gasteiger partial charge on any atom is -0.388 e. The zero-order valence-corrected chi connectivity index (χ0v) is 31.4. The topological polar surface area (TPSA) is 123 Å². The second kappa shape index (κ2) is 16.7. The lowest BCUT2D eigenvalue weighted by Crippen LogP contribution is -2.56. The Morgan fingerprint density at radius 3 is 1.67 bits per heavy atom. The molecule has 1 aromatic heterocycles. The Hall–Kier alpha value is -3.20. The summed E-state index contributed by atoms with van der Waals surface area (Å²) < 4.78 is 49.1. The van der Waals surface area contributed by atoms with E-state index in [-0.39, 0.29) is 37.2 Å². The number of nitrogens with zero attached hydrogens (tertiary/aromatic N) is 3. The highest BCUT2D eigenvalue weighted by Crippen LogP contribution is 2.37. The van der Waals surface area contributed by atoms with Gasteiger partial charge >= 0.3 is 10.2 Å². The van der Waals surface area contributed by atoms with Crippen LogP contribution in [-0.4, -0.2) is 79.0 Å². The molecule has 0 spiro atoms. The fourth-order valence-corrected chi connectivity index (χ4v) is 8.91. The van der Waals surface area contributed by atoms with Gasteiger partial charge in [0.25, 0.3) is 0 Å². The summed E-state index contributed by atoms with van der Waals surface area (Å²) in [5, 5.41) is 23.7. The van der Waals surface area contributed by atoms with E-state index in [4.69, 9.17) is 14.2 Å². The van der Waals surface area contributed by atoms with Gasteiger partial charge in [-0.1, -0.05) is 125 Å². The van der Waals surface area contributed by atoms with Crippen molar-refractivity contribution in [2.75, 3.05) is 20.7 Å². The molecule has 0 aliphatic carbocycles. The zero-order valence-electron chi connectivity index (χ0n) is 29.6. The smallest absolute Gasteiger partial charge is 0.308 e. The number of benzene rings is 3. The van der Waals surface area contributed by atoms with Gasteiger partial charge in [-0.25, -0.2) is 8.96 Å². The molecule has 4 aromatic rings. The monoisotopic (exact) mass is 709 g/mol. The molecule has 0 aliphatic rings. The quantitative estimate of drug-likeness (QED) is 0.146. The van der Waals surface area contributed by atoms with Crippen molar-refractivity contribution in [3.8, 4) is 0 Å². The van der Waals surface area contributed by atoms with Gasteiger partial charge in [0.1, 0.15) is 37.9 Å². The van der Waals surface area contributed by atoms with E-state index in [1.165, 1.54) is 24.3 Å². The molecule has 10 nitrogen and oxygen atoms in total. The first-order chi connectivity index (χ1) is 23.1. The predicted octanol–water partition coefficient (Wildman–Crippen LogP) is 5.04. The largest absolute Gasteiger partial charge is 0.388 e. The highest BCUT2D eigenvalue weighted by atomic mass is 32.2. The normalized spacial score (nSPS) is 15.2. The number of ether oxygens (including phenoxy) is 3. The van der Waals surface area contributed by atoms with Crippen molar-refractivity contribution in [2.45, 2.75) is 83.1 Å². The average molecular weight is 710 g/mol. The first-order valence-corrected chi connectivity index (χ1v) is 20.8. The molecule has 4 atom stereocenters. The highest BCUT2D eigenvalue weighted by molar-refractivity contribution is 7.87. The van der Waals surface area contributed by atoms with Crippen LogP contribution in [0.2, 0.25) is 18.1 Å². The van der Waals surface area contributed by atoms with Crippen molar-refractivity contribution in [1.29, 1.82) is 0 Å². The van der Waals surface area contributed by atoms with Gasteiger partial charge in [-0.3, -0.25) is 0 Å². The molecule has 0 amide bonds. The third-order valence-corrected chi connectivity index (χ3v) is 16.3. The summed E-state index contributed by atoms with van der Waals surface area (Å²) in [5.41, 5.74) is 3.04. The van der Waals surface area contributed by atoms with Crippen LogP contribution in [0.1, 0.15) is 49.3 Å². The average Bonchev–Trinajstić information content (AvgIpc) is 3.54. The first kappa shape index (κ1) is 38.6. The van der Waals surface area contributed by atoms with Crippen LogP contribution in [0.15, 0.2) is 97.2 Å². The maximum absolute atomic E-state index is 14.0. The van der Waals surface area contributed by atoms with Crippen molar-refractivity contribution in [1.82, 2.24) is 13.3 Å². The van der Waals surface area contributed by atoms with Crippen LogP contribution >= 0.6 is 0 Å². The fourth-order valence-electron chi connectivity index (χ4n) is 5.17. The number of aliphatic hydroxyl groups is 2. The Kier molecular flexibility index (Phi) is 13.1. The van der Waals surface area contributed by atoms with E-state index in [9.17, 15) is 18.6 Å². The molecular weight excluding hydrogens is 659 g/mol. The van der Waals surface area contributed by atoms with Gasteiger partial charge in [-0.05, 0) is 21.7 Å². The summed E-state index contributed by atoms with van der Waals surface area (Å²) >= 11 is 0. The van der Waals surface area contributed by atoms with Crippen molar-refractivity contribution < 1.29 is 32.8 Å². The molecule has 0 saturated heterocycles. The summed E-state index contributed by atoms with van der Waals surface area (Å²) in [6, 6.07) is 28.5. The summed E-state index contributed by atoms with van der Waals surface area (Å²) in [4.78, 5) is 4.68. The molecule has 0 unspecified atom stereocenters. The fraction of sp³-hybridized carbons (Fsp3) is 0.432. The van der Waals surface area contributed by atoms with E-state index >= 15 is 0 Å². The molecule has 0 bridgehead atoms. The molecule has 0 saturated carbocycles. The second-order valence-corrected chi connectivity index (χ2v) is 21.2. The van der Waals surface area contributed by atoms with E-state index in [2.05, 4.69) is 38.8 Å². The van der Waals surface area contributed by atoms with Crippen molar-refractivity contribution >= 4 is 23.7 Å². The van der Waals surface area contributed by atoms with Crippen LogP contribution in [0.25, 0.3) is 0 Å². The zero-order chi connectivity index (χ0) is 35.8.